The molecule has 1 saturated heterocycles. The van der Waals surface area contributed by atoms with Crippen LogP contribution >= 0.6 is 12.2 Å². The lowest BCUT2D eigenvalue weighted by Gasteiger charge is -2.18. The van der Waals surface area contributed by atoms with E-state index >= 15 is 0 Å². The quantitative estimate of drug-likeness (QED) is 0.490. The highest BCUT2D eigenvalue weighted by atomic mass is 32.1. The molecule has 4 atom stereocenters. The van der Waals surface area contributed by atoms with E-state index in [1.54, 1.807) is 0 Å². The lowest BCUT2D eigenvalue weighted by molar-refractivity contribution is -0.0538. The Morgan fingerprint density at radius 1 is 1.43 bits per heavy atom. The molecular weight excluding hydrogens is 300 g/mol. The van der Waals surface area contributed by atoms with Gasteiger partial charge in [0.05, 0.1) is 12.0 Å². The summed E-state index contributed by atoms with van der Waals surface area (Å²) >= 11 is 5.10. The zero-order valence-corrected chi connectivity index (χ0v) is 11.4. The fourth-order valence-electron chi connectivity index (χ4n) is 2.23. The molecule has 2 aromatic heterocycles. The van der Waals surface area contributed by atoms with E-state index in [9.17, 15) is 15.0 Å². The van der Waals surface area contributed by atoms with Gasteiger partial charge in [-0.1, -0.05) is 0 Å². The summed E-state index contributed by atoms with van der Waals surface area (Å²) in [6.45, 7) is -0.433. The van der Waals surface area contributed by atoms with Crippen LogP contribution in [0.3, 0.4) is 0 Å². The Kier molecular flexibility index (Phi) is 3.55. The molecule has 112 valence electrons. The van der Waals surface area contributed by atoms with Gasteiger partial charge in [-0.2, -0.15) is 0 Å². The molecule has 0 saturated carbocycles. The summed E-state index contributed by atoms with van der Waals surface area (Å²) in [6.07, 6.45) is -1.55. The fourth-order valence-corrected chi connectivity index (χ4v) is 2.48. The average Bonchev–Trinajstić information content (AvgIpc) is 2.74. The van der Waals surface area contributed by atoms with Crippen molar-refractivity contribution in [2.75, 3.05) is 6.61 Å². The van der Waals surface area contributed by atoms with E-state index in [1.165, 1.54) is 17.0 Å². The highest BCUT2D eigenvalue weighted by Gasteiger charge is 2.43. The van der Waals surface area contributed by atoms with Crippen LogP contribution in [0.4, 0.5) is 0 Å². The summed E-state index contributed by atoms with van der Waals surface area (Å²) in [7, 11) is 0. The lowest BCUT2D eigenvalue weighted by atomic mass is 10.1. The first-order valence-electron chi connectivity index (χ1n) is 6.12. The Balaban J connectivity index is 2.09. The van der Waals surface area contributed by atoms with Crippen LogP contribution in [-0.4, -0.2) is 59.8 Å². The van der Waals surface area contributed by atoms with Crippen molar-refractivity contribution in [3.63, 3.8) is 0 Å². The molecule has 9 nitrogen and oxygen atoms in total. The van der Waals surface area contributed by atoms with E-state index in [0.717, 1.165) is 0 Å². The van der Waals surface area contributed by atoms with Gasteiger partial charge >= 0.3 is 5.69 Å². The van der Waals surface area contributed by atoms with Crippen molar-refractivity contribution in [2.24, 2.45) is 0 Å². The maximum absolute atomic E-state index is 11.1. The van der Waals surface area contributed by atoms with Gasteiger partial charge in [0.25, 0.3) is 0 Å². The Labute approximate surface area is 122 Å². The second-order valence-corrected chi connectivity index (χ2v) is 5.02. The first-order valence-corrected chi connectivity index (χ1v) is 6.53. The van der Waals surface area contributed by atoms with Gasteiger partial charge in [-0.25, -0.2) is 14.8 Å². The summed E-state index contributed by atoms with van der Waals surface area (Å²) in [5.41, 5.74) is -0.280. The third kappa shape index (κ3) is 2.36. The topological polar surface area (TPSA) is 133 Å². The smallest absolute Gasteiger partial charge is 0.346 e. The predicted molar refractivity (Wildman–Crippen MR) is 72.0 cm³/mol. The first kappa shape index (κ1) is 14.2. The van der Waals surface area contributed by atoms with Crippen LogP contribution in [-0.2, 0) is 4.74 Å². The number of aliphatic hydroxyl groups excluding tert-OH is 3. The number of hydrogen-bond donors (Lipinski definition) is 4. The largest absolute Gasteiger partial charge is 0.394 e. The van der Waals surface area contributed by atoms with E-state index in [2.05, 4.69) is 15.0 Å². The summed E-state index contributed by atoms with van der Waals surface area (Å²) in [5.74, 6) is 0. The SMILES string of the molecule is O=c1ncc2cn([C@@H]3O[C@H](CO)C(O)[C@@H]3O)c(=S)nc2[nH]1. The molecule has 3 rings (SSSR count). The number of aliphatic hydroxyl groups is 3. The Hall–Kier alpha value is -1.72. The van der Waals surface area contributed by atoms with E-state index < -0.39 is 36.8 Å². The number of nitrogens with zero attached hydrogens (tertiary/aromatic N) is 3. The minimum atomic E-state index is -1.26. The maximum atomic E-state index is 11.1. The molecule has 0 aromatic carbocycles. The number of fused-ring (bicyclic) bond motifs is 1. The number of rotatable bonds is 2. The molecule has 4 N–H and O–H groups in total. The zero-order chi connectivity index (χ0) is 15.1. The molecule has 0 spiro atoms. The molecular formula is C11H12N4O5S. The van der Waals surface area contributed by atoms with Gasteiger partial charge in [0.2, 0.25) is 4.77 Å². The predicted octanol–water partition coefficient (Wildman–Crippen LogP) is -1.54. The summed E-state index contributed by atoms with van der Waals surface area (Å²) in [6, 6.07) is 0. The Morgan fingerprint density at radius 2 is 2.19 bits per heavy atom. The molecule has 1 aliphatic heterocycles. The van der Waals surface area contributed by atoms with Gasteiger partial charge in [0.1, 0.15) is 24.0 Å². The van der Waals surface area contributed by atoms with Crippen molar-refractivity contribution in [3.8, 4) is 0 Å². The molecule has 1 unspecified atom stereocenters. The van der Waals surface area contributed by atoms with Crippen LogP contribution < -0.4 is 5.69 Å². The van der Waals surface area contributed by atoms with Crippen molar-refractivity contribution in [1.82, 2.24) is 19.5 Å². The Morgan fingerprint density at radius 3 is 2.86 bits per heavy atom. The van der Waals surface area contributed by atoms with Crippen molar-refractivity contribution in [1.29, 1.82) is 0 Å². The lowest BCUT2D eigenvalue weighted by Crippen LogP contribution is -2.33. The van der Waals surface area contributed by atoms with Crippen LogP contribution in [0.1, 0.15) is 6.23 Å². The van der Waals surface area contributed by atoms with E-state index in [4.69, 9.17) is 22.1 Å². The zero-order valence-electron chi connectivity index (χ0n) is 10.6. The third-order valence-corrected chi connectivity index (χ3v) is 3.62. The van der Waals surface area contributed by atoms with Gasteiger partial charge < -0.3 is 20.1 Å². The van der Waals surface area contributed by atoms with Crippen molar-refractivity contribution >= 4 is 23.3 Å². The van der Waals surface area contributed by atoms with Crippen LogP contribution in [0.15, 0.2) is 17.2 Å². The molecule has 0 amide bonds. The van der Waals surface area contributed by atoms with Crippen LogP contribution in [0, 0.1) is 4.77 Å². The first-order chi connectivity index (χ1) is 10.0. The number of nitrogens with one attached hydrogen (secondary N) is 1. The summed E-state index contributed by atoms with van der Waals surface area (Å²) in [5, 5.41) is 29.3. The normalized spacial score (nSPS) is 29.1. The third-order valence-electron chi connectivity index (χ3n) is 3.32. The fraction of sp³-hybridized carbons (Fsp3) is 0.455. The molecule has 10 heteroatoms. The number of H-pyrrole nitrogens is 1. The van der Waals surface area contributed by atoms with Gasteiger partial charge in [-0.15, -0.1) is 0 Å². The average molecular weight is 312 g/mol. The monoisotopic (exact) mass is 312 g/mol. The Bertz CT molecular complexity index is 790. The number of ether oxygens (including phenoxy) is 1. The standard InChI is InChI=1S/C11H12N4O5S/c16-3-5-6(17)7(18)9(20-5)15-2-4-1-12-10(19)13-8(4)14-11(15)21/h1-2,5-7,9,16-18H,3H2,(H,13,14,19,21)/t5-,6?,7+,9-/m1/s1. The van der Waals surface area contributed by atoms with Crippen LogP contribution in [0.5, 0.6) is 0 Å². The molecule has 3 heterocycles. The summed E-state index contributed by atoms with van der Waals surface area (Å²) < 4.78 is 6.79. The number of aromatic nitrogens is 4. The van der Waals surface area contributed by atoms with E-state index in [1.807, 2.05) is 0 Å². The molecule has 1 aliphatic rings. The highest BCUT2D eigenvalue weighted by molar-refractivity contribution is 7.71. The van der Waals surface area contributed by atoms with Gasteiger partial charge in [0.15, 0.2) is 6.23 Å². The van der Waals surface area contributed by atoms with Gasteiger partial charge in [-0.3, -0.25) is 9.55 Å². The maximum Gasteiger partial charge on any atom is 0.346 e. The molecule has 1 fully saturated rings. The van der Waals surface area contributed by atoms with Crippen LogP contribution in [0.2, 0.25) is 0 Å². The molecule has 0 radical (unpaired) electrons. The second-order valence-electron chi connectivity index (χ2n) is 4.65. The highest BCUT2D eigenvalue weighted by Crippen LogP contribution is 2.29. The number of hydrogen-bond acceptors (Lipinski definition) is 8. The second kappa shape index (κ2) is 5.24. The van der Waals surface area contributed by atoms with Gasteiger partial charge in [0, 0.05) is 12.4 Å². The molecule has 2 aromatic rings. The minimum absolute atomic E-state index is 0.0548. The van der Waals surface area contributed by atoms with Gasteiger partial charge in [-0.05, 0) is 12.2 Å². The van der Waals surface area contributed by atoms with E-state index in [-0.39, 0.29) is 10.4 Å². The number of aromatic amines is 1. The molecule has 21 heavy (non-hydrogen) atoms. The van der Waals surface area contributed by atoms with Crippen LogP contribution in [0.25, 0.3) is 11.0 Å². The van der Waals surface area contributed by atoms with Crippen molar-refractivity contribution in [2.45, 2.75) is 24.5 Å². The van der Waals surface area contributed by atoms with E-state index in [0.29, 0.717) is 5.39 Å². The summed E-state index contributed by atoms with van der Waals surface area (Å²) in [4.78, 5) is 21.2. The molecule has 0 bridgehead atoms. The van der Waals surface area contributed by atoms with Crippen molar-refractivity contribution in [3.05, 3.63) is 27.6 Å². The minimum Gasteiger partial charge on any atom is -0.394 e. The molecule has 0 aliphatic carbocycles. The van der Waals surface area contributed by atoms with Crippen molar-refractivity contribution < 1.29 is 20.1 Å².